The SMILES string of the molecule is C=N/C=N\C(=C/C)C(C)(C)C. The second-order valence-corrected chi connectivity index (χ2v) is 3.35. The van der Waals surface area contributed by atoms with E-state index in [2.05, 4.69) is 37.5 Å². The van der Waals surface area contributed by atoms with Crippen molar-refractivity contribution in [1.82, 2.24) is 0 Å². The first-order valence-electron chi connectivity index (χ1n) is 3.67. The van der Waals surface area contributed by atoms with Crippen molar-refractivity contribution in [2.75, 3.05) is 0 Å². The molecule has 0 fully saturated rings. The van der Waals surface area contributed by atoms with Gasteiger partial charge in [-0.1, -0.05) is 26.8 Å². The number of allylic oxidation sites excluding steroid dienone is 2. The lowest BCUT2D eigenvalue weighted by atomic mass is 9.92. The standard InChI is InChI=1S/C9H16N2/c1-6-8(9(2,3)4)11-7-10-5/h6-7H,5H2,1-4H3/b8-6-,11-7-. The van der Waals surface area contributed by atoms with Gasteiger partial charge in [0, 0.05) is 11.1 Å². The van der Waals surface area contributed by atoms with Crippen LogP contribution in [0.5, 0.6) is 0 Å². The summed E-state index contributed by atoms with van der Waals surface area (Å²) in [7, 11) is 0. The molecule has 0 amide bonds. The van der Waals surface area contributed by atoms with Crippen molar-refractivity contribution in [1.29, 1.82) is 0 Å². The van der Waals surface area contributed by atoms with Crippen LogP contribution in [0, 0.1) is 5.41 Å². The van der Waals surface area contributed by atoms with Crippen LogP contribution in [-0.2, 0) is 0 Å². The van der Waals surface area contributed by atoms with E-state index in [1.807, 2.05) is 13.0 Å². The molecule has 0 saturated carbocycles. The molecule has 2 nitrogen and oxygen atoms in total. The predicted octanol–water partition coefficient (Wildman–Crippen LogP) is 2.67. The van der Waals surface area contributed by atoms with Gasteiger partial charge in [0.05, 0.1) is 0 Å². The Hall–Kier alpha value is -0.920. The molecule has 0 unspecified atom stereocenters. The monoisotopic (exact) mass is 152 g/mol. The molecule has 0 saturated heterocycles. The Morgan fingerprint density at radius 1 is 1.36 bits per heavy atom. The van der Waals surface area contributed by atoms with Gasteiger partial charge in [-0.05, 0) is 13.6 Å². The predicted molar refractivity (Wildman–Crippen MR) is 51.3 cm³/mol. The largest absolute Gasteiger partial charge is 0.253 e. The maximum Gasteiger partial charge on any atom is 0.114 e. The van der Waals surface area contributed by atoms with Crippen LogP contribution in [0.2, 0.25) is 0 Å². The Labute approximate surface area is 68.8 Å². The Morgan fingerprint density at radius 3 is 2.18 bits per heavy atom. The lowest BCUT2D eigenvalue weighted by Crippen LogP contribution is -2.07. The lowest BCUT2D eigenvalue weighted by Gasteiger charge is -2.17. The molecule has 0 aromatic rings. The van der Waals surface area contributed by atoms with Crippen LogP contribution >= 0.6 is 0 Å². The minimum atomic E-state index is 0.0932. The highest BCUT2D eigenvalue weighted by molar-refractivity contribution is 5.63. The first kappa shape index (κ1) is 10.1. The number of hydrogen-bond acceptors (Lipinski definition) is 1. The van der Waals surface area contributed by atoms with Crippen LogP contribution in [0.15, 0.2) is 21.8 Å². The zero-order chi connectivity index (χ0) is 8.91. The molecule has 62 valence electrons. The minimum absolute atomic E-state index is 0.0932. The van der Waals surface area contributed by atoms with E-state index in [9.17, 15) is 0 Å². The summed E-state index contributed by atoms with van der Waals surface area (Å²) in [4.78, 5) is 7.69. The first-order valence-corrected chi connectivity index (χ1v) is 3.67. The molecule has 0 radical (unpaired) electrons. The van der Waals surface area contributed by atoms with Crippen molar-refractivity contribution in [3.63, 3.8) is 0 Å². The molecule has 0 aromatic heterocycles. The fraction of sp³-hybridized carbons (Fsp3) is 0.556. The van der Waals surface area contributed by atoms with Gasteiger partial charge in [-0.15, -0.1) is 0 Å². The molecule has 0 spiro atoms. The van der Waals surface area contributed by atoms with Crippen molar-refractivity contribution >= 4 is 13.1 Å². The van der Waals surface area contributed by atoms with Gasteiger partial charge in [0.2, 0.25) is 0 Å². The third kappa shape index (κ3) is 3.71. The van der Waals surface area contributed by atoms with Crippen LogP contribution in [0.1, 0.15) is 27.7 Å². The van der Waals surface area contributed by atoms with Crippen molar-refractivity contribution in [3.05, 3.63) is 11.8 Å². The van der Waals surface area contributed by atoms with E-state index >= 15 is 0 Å². The molecule has 0 aliphatic rings. The molecular formula is C9H16N2. The summed E-state index contributed by atoms with van der Waals surface area (Å²) in [5.41, 5.74) is 1.13. The Kier molecular flexibility index (Phi) is 3.72. The fourth-order valence-corrected chi connectivity index (χ4v) is 0.804. The zero-order valence-corrected chi connectivity index (χ0v) is 7.76. The van der Waals surface area contributed by atoms with Crippen LogP contribution in [-0.4, -0.2) is 13.1 Å². The third-order valence-corrected chi connectivity index (χ3v) is 1.32. The number of rotatable bonds is 2. The normalized spacial score (nSPS) is 14.0. The lowest BCUT2D eigenvalue weighted by molar-refractivity contribution is 0.498. The fourth-order valence-electron chi connectivity index (χ4n) is 0.804. The van der Waals surface area contributed by atoms with Crippen molar-refractivity contribution in [2.45, 2.75) is 27.7 Å². The molecule has 2 heteroatoms. The second kappa shape index (κ2) is 4.06. The smallest absolute Gasteiger partial charge is 0.114 e. The summed E-state index contributed by atoms with van der Waals surface area (Å²) in [5.74, 6) is 0. The van der Waals surface area contributed by atoms with Gasteiger partial charge < -0.3 is 0 Å². The molecule has 0 heterocycles. The maximum atomic E-state index is 4.14. The molecule has 0 rings (SSSR count). The van der Waals surface area contributed by atoms with Crippen LogP contribution in [0.4, 0.5) is 0 Å². The maximum absolute atomic E-state index is 4.14. The summed E-state index contributed by atoms with van der Waals surface area (Å²) in [6.45, 7) is 11.6. The van der Waals surface area contributed by atoms with Gasteiger partial charge in [0.25, 0.3) is 0 Å². The molecule has 0 N–H and O–H groups in total. The highest BCUT2D eigenvalue weighted by Crippen LogP contribution is 2.25. The zero-order valence-electron chi connectivity index (χ0n) is 7.76. The van der Waals surface area contributed by atoms with Gasteiger partial charge >= 0.3 is 0 Å². The summed E-state index contributed by atoms with van der Waals surface area (Å²) in [6, 6.07) is 0. The quantitative estimate of drug-likeness (QED) is 0.429. The molecule has 0 atom stereocenters. The third-order valence-electron chi connectivity index (χ3n) is 1.32. The first-order chi connectivity index (χ1) is 5.02. The molecule has 0 bridgehead atoms. The molecule has 0 aromatic carbocycles. The van der Waals surface area contributed by atoms with E-state index < -0.39 is 0 Å². The molecule has 11 heavy (non-hydrogen) atoms. The summed E-state index contributed by atoms with van der Waals surface area (Å²) >= 11 is 0. The van der Waals surface area contributed by atoms with Crippen molar-refractivity contribution < 1.29 is 0 Å². The van der Waals surface area contributed by atoms with E-state index in [1.165, 1.54) is 6.34 Å². The highest BCUT2D eigenvalue weighted by Gasteiger charge is 2.14. The van der Waals surface area contributed by atoms with Gasteiger partial charge in [-0.25, -0.2) is 4.99 Å². The van der Waals surface area contributed by atoms with E-state index in [-0.39, 0.29) is 5.41 Å². The molecular weight excluding hydrogens is 136 g/mol. The van der Waals surface area contributed by atoms with Gasteiger partial charge in [0.15, 0.2) is 0 Å². The molecule has 0 aliphatic carbocycles. The van der Waals surface area contributed by atoms with Gasteiger partial charge in [-0.3, -0.25) is 4.99 Å². The molecule has 0 aliphatic heterocycles. The topological polar surface area (TPSA) is 24.7 Å². The summed E-state index contributed by atoms with van der Waals surface area (Å²) in [5, 5.41) is 0. The van der Waals surface area contributed by atoms with Gasteiger partial charge in [-0.2, -0.15) is 0 Å². The summed E-state index contributed by atoms with van der Waals surface area (Å²) < 4.78 is 0. The van der Waals surface area contributed by atoms with E-state index in [0.717, 1.165) is 5.70 Å². The number of aliphatic imine (C=N–C) groups is 2. The highest BCUT2D eigenvalue weighted by atomic mass is 14.9. The average Bonchev–Trinajstić information content (AvgIpc) is 1.87. The van der Waals surface area contributed by atoms with Crippen LogP contribution in [0.3, 0.4) is 0 Å². The van der Waals surface area contributed by atoms with Crippen LogP contribution < -0.4 is 0 Å². The Bertz CT molecular complexity index is 182. The number of hydrogen-bond donors (Lipinski definition) is 0. The Morgan fingerprint density at radius 2 is 1.91 bits per heavy atom. The summed E-state index contributed by atoms with van der Waals surface area (Å²) in [6.07, 6.45) is 3.46. The van der Waals surface area contributed by atoms with E-state index in [1.54, 1.807) is 0 Å². The van der Waals surface area contributed by atoms with Crippen molar-refractivity contribution in [2.24, 2.45) is 15.4 Å². The second-order valence-electron chi connectivity index (χ2n) is 3.35. The van der Waals surface area contributed by atoms with Crippen molar-refractivity contribution in [3.8, 4) is 0 Å². The van der Waals surface area contributed by atoms with Crippen LogP contribution in [0.25, 0.3) is 0 Å². The van der Waals surface area contributed by atoms with E-state index in [0.29, 0.717) is 0 Å². The average molecular weight is 152 g/mol. The Balaban J connectivity index is 4.45. The number of nitrogens with zero attached hydrogens (tertiary/aromatic N) is 2. The minimum Gasteiger partial charge on any atom is -0.253 e. The van der Waals surface area contributed by atoms with E-state index in [4.69, 9.17) is 0 Å². The van der Waals surface area contributed by atoms with Gasteiger partial charge in [0.1, 0.15) is 6.34 Å².